The van der Waals surface area contributed by atoms with E-state index >= 15 is 0 Å². The lowest BCUT2D eigenvalue weighted by atomic mass is 9.58. The fourth-order valence-electron chi connectivity index (χ4n) is 6.80. The van der Waals surface area contributed by atoms with E-state index in [1.807, 2.05) is 30.3 Å². The number of para-hydroxylation sites is 1. The minimum atomic E-state index is -0.977. The highest BCUT2D eigenvalue weighted by Gasteiger charge is 2.57. The highest BCUT2D eigenvalue weighted by Crippen LogP contribution is 2.52. The van der Waals surface area contributed by atoms with Crippen molar-refractivity contribution in [3.05, 3.63) is 70.7 Å². The number of hydrogen-bond donors (Lipinski definition) is 2. The van der Waals surface area contributed by atoms with Gasteiger partial charge in [0.25, 0.3) is 0 Å². The standard InChI is InChI=1S/C31H38BNO6/c1-3-8-20(16-23-13-14-24(19-34)38-23)12-15-27-28-21(9-4-2)17-25-29(26(28)18-32(37)39-27)31(36)33(30(25)35)22-10-6-5-7-11-22/h5-7,10-11,13-14,16,25-27,29,34,37H,3-4,8-9,12,15,17-19H2,1-2H3/b20-16+/t25-,26+,27-,29-/m1/s1. The van der Waals surface area contributed by atoms with Gasteiger partial charge in [0.15, 0.2) is 0 Å². The van der Waals surface area contributed by atoms with Gasteiger partial charge in [-0.25, -0.2) is 0 Å². The maximum Gasteiger partial charge on any atom is 0.455 e. The van der Waals surface area contributed by atoms with Crippen LogP contribution in [0.2, 0.25) is 6.32 Å². The van der Waals surface area contributed by atoms with Crippen LogP contribution in [-0.2, 0) is 20.9 Å². The molecule has 206 valence electrons. The Balaban J connectivity index is 1.43. The van der Waals surface area contributed by atoms with Crippen LogP contribution in [0.3, 0.4) is 0 Å². The molecule has 2 aliphatic heterocycles. The predicted molar refractivity (Wildman–Crippen MR) is 150 cm³/mol. The molecule has 2 fully saturated rings. The van der Waals surface area contributed by atoms with Crippen LogP contribution in [0, 0.1) is 17.8 Å². The highest BCUT2D eigenvalue weighted by atomic mass is 16.5. The average molecular weight is 531 g/mol. The average Bonchev–Trinajstić information content (AvgIpc) is 3.49. The number of benzene rings is 1. The largest absolute Gasteiger partial charge is 0.459 e. The zero-order valence-corrected chi connectivity index (χ0v) is 22.8. The lowest BCUT2D eigenvalue weighted by Crippen LogP contribution is -2.46. The maximum atomic E-state index is 13.8. The summed E-state index contributed by atoms with van der Waals surface area (Å²) in [4.78, 5) is 28.7. The van der Waals surface area contributed by atoms with E-state index in [2.05, 4.69) is 13.8 Å². The molecule has 0 saturated carbocycles. The molecule has 39 heavy (non-hydrogen) atoms. The van der Waals surface area contributed by atoms with E-state index in [0.717, 1.165) is 37.7 Å². The van der Waals surface area contributed by atoms with Gasteiger partial charge in [0.2, 0.25) is 11.8 Å². The van der Waals surface area contributed by atoms with Gasteiger partial charge in [-0.05, 0) is 80.3 Å². The van der Waals surface area contributed by atoms with Crippen LogP contribution >= 0.6 is 0 Å². The Bertz CT molecular complexity index is 1250. The SMILES string of the molecule is CCCC1=C2[C@@H](CC/C(=C/c3ccc(CO)o3)CCC)OB(O)C[C@@H]2[C@@H]2C(=O)N(c3ccccc3)C(=O)[C@@H]2C1. The quantitative estimate of drug-likeness (QED) is 0.237. The monoisotopic (exact) mass is 531 g/mol. The molecule has 7 nitrogen and oxygen atoms in total. The number of furan rings is 1. The number of aliphatic hydroxyl groups excluding tert-OH is 1. The molecular formula is C31H38BNO6. The number of allylic oxidation sites excluding steroid dienone is 2. The summed E-state index contributed by atoms with van der Waals surface area (Å²) in [5.74, 6) is -0.117. The Morgan fingerprint density at radius 1 is 1.05 bits per heavy atom. The molecule has 8 heteroatoms. The third-order valence-corrected chi connectivity index (χ3v) is 8.36. The molecule has 1 aromatic heterocycles. The molecule has 5 rings (SSSR count). The van der Waals surface area contributed by atoms with Crippen LogP contribution in [0.15, 0.2) is 63.6 Å². The summed E-state index contributed by atoms with van der Waals surface area (Å²) in [6, 6.07) is 12.8. The second-order valence-electron chi connectivity index (χ2n) is 11.0. The zero-order chi connectivity index (χ0) is 27.5. The molecule has 4 atom stereocenters. The fraction of sp³-hybridized carbons (Fsp3) is 0.484. The molecule has 0 bridgehead atoms. The van der Waals surface area contributed by atoms with Crippen LogP contribution < -0.4 is 4.90 Å². The van der Waals surface area contributed by atoms with Gasteiger partial charge in [0.1, 0.15) is 18.1 Å². The van der Waals surface area contributed by atoms with Crippen LogP contribution in [0.5, 0.6) is 0 Å². The van der Waals surface area contributed by atoms with Gasteiger partial charge in [0, 0.05) is 0 Å². The summed E-state index contributed by atoms with van der Waals surface area (Å²) in [6.07, 6.45) is 7.74. The van der Waals surface area contributed by atoms with Crippen LogP contribution in [0.1, 0.15) is 70.3 Å². The van der Waals surface area contributed by atoms with Crippen molar-refractivity contribution >= 4 is 30.7 Å². The number of anilines is 1. The molecule has 0 radical (unpaired) electrons. The Morgan fingerprint density at radius 2 is 1.85 bits per heavy atom. The zero-order valence-electron chi connectivity index (χ0n) is 22.8. The van der Waals surface area contributed by atoms with Crippen molar-refractivity contribution in [2.24, 2.45) is 17.8 Å². The predicted octanol–water partition coefficient (Wildman–Crippen LogP) is 5.54. The molecule has 3 heterocycles. The number of carbonyl (C=O) groups is 2. The minimum absolute atomic E-state index is 0.129. The molecule has 2 saturated heterocycles. The lowest BCUT2D eigenvalue weighted by Gasteiger charge is -2.43. The Kier molecular flexibility index (Phi) is 8.55. The maximum absolute atomic E-state index is 13.8. The second kappa shape index (κ2) is 12.1. The fourth-order valence-corrected chi connectivity index (χ4v) is 6.80. The number of fused-ring (bicyclic) bond motifs is 3. The molecule has 1 aromatic carbocycles. The van der Waals surface area contributed by atoms with Gasteiger partial charge in [-0.2, -0.15) is 0 Å². The number of nitrogens with zero attached hydrogens (tertiary/aromatic N) is 1. The first kappa shape index (κ1) is 27.6. The number of hydrogen-bond acceptors (Lipinski definition) is 6. The summed E-state index contributed by atoms with van der Waals surface area (Å²) in [5, 5.41) is 20.2. The van der Waals surface area contributed by atoms with Crippen molar-refractivity contribution in [3.8, 4) is 0 Å². The summed E-state index contributed by atoms with van der Waals surface area (Å²) in [6.45, 7) is 4.13. The van der Waals surface area contributed by atoms with Crippen LogP contribution in [0.4, 0.5) is 5.69 Å². The third-order valence-electron chi connectivity index (χ3n) is 8.36. The number of rotatable bonds is 10. The number of aliphatic hydroxyl groups is 1. The normalized spacial score (nSPS) is 25.4. The first-order valence-electron chi connectivity index (χ1n) is 14.3. The van der Waals surface area contributed by atoms with Gasteiger partial charge >= 0.3 is 7.12 Å². The van der Waals surface area contributed by atoms with Crippen molar-refractivity contribution in [3.63, 3.8) is 0 Å². The Morgan fingerprint density at radius 3 is 2.54 bits per heavy atom. The highest BCUT2D eigenvalue weighted by molar-refractivity contribution is 6.43. The summed E-state index contributed by atoms with van der Waals surface area (Å²) < 4.78 is 11.8. The Labute approximate surface area is 230 Å². The van der Waals surface area contributed by atoms with Gasteiger partial charge in [-0.3, -0.25) is 14.5 Å². The van der Waals surface area contributed by atoms with E-state index in [9.17, 15) is 19.7 Å². The summed E-state index contributed by atoms with van der Waals surface area (Å²) in [5.41, 5.74) is 4.18. The van der Waals surface area contributed by atoms with Gasteiger partial charge in [-0.1, -0.05) is 56.0 Å². The van der Waals surface area contributed by atoms with E-state index in [4.69, 9.17) is 9.07 Å². The second-order valence-corrected chi connectivity index (χ2v) is 11.0. The van der Waals surface area contributed by atoms with Crippen LogP contribution in [0.25, 0.3) is 6.08 Å². The molecular weight excluding hydrogens is 493 g/mol. The number of amides is 2. The molecule has 3 aliphatic rings. The number of carbonyl (C=O) groups excluding carboxylic acids is 2. The lowest BCUT2D eigenvalue weighted by molar-refractivity contribution is -0.122. The molecule has 2 aromatic rings. The Hall–Kier alpha value is -2.94. The first-order valence-corrected chi connectivity index (χ1v) is 14.3. The third kappa shape index (κ3) is 5.56. The molecule has 0 spiro atoms. The summed E-state index contributed by atoms with van der Waals surface area (Å²) in [7, 11) is -0.977. The minimum Gasteiger partial charge on any atom is -0.459 e. The summed E-state index contributed by atoms with van der Waals surface area (Å²) >= 11 is 0. The van der Waals surface area contributed by atoms with Gasteiger partial charge in [0.05, 0.1) is 23.6 Å². The van der Waals surface area contributed by atoms with E-state index in [0.29, 0.717) is 36.4 Å². The van der Waals surface area contributed by atoms with Crippen LogP contribution in [-0.4, -0.2) is 35.2 Å². The molecule has 2 N–H and O–H groups in total. The molecule has 0 unspecified atom stereocenters. The van der Waals surface area contributed by atoms with E-state index in [1.165, 1.54) is 16.0 Å². The van der Waals surface area contributed by atoms with Gasteiger partial charge < -0.3 is 19.2 Å². The van der Waals surface area contributed by atoms with Crippen molar-refractivity contribution in [1.29, 1.82) is 0 Å². The van der Waals surface area contributed by atoms with E-state index in [-0.39, 0.29) is 30.4 Å². The van der Waals surface area contributed by atoms with E-state index < -0.39 is 19.0 Å². The molecule has 2 amide bonds. The van der Waals surface area contributed by atoms with Gasteiger partial charge in [-0.15, -0.1) is 0 Å². The van der Waals surface area contributed by atoms with Crippen molar-refractivity contribution in [2.75, 3.05) is 4.90 Å². The molecule has 1 aliphatic carbocycles. The van der Waals surface area contributed by atoms with Crippen molar-refractivity contribution in [1.82, 2.24) is 0 Å². The van der Waals surface area contributed by atoms with Crippen molar-refractivity contribution < 1.29 is 28.8 Å². The smallest absolute Gasteiger partial charge is 0.455 e. The topological polar surface area (TPSA) is 100 Å². The first-order chi connectivity index (χ1) is 18.9. The van der Waals surface area contributed by atoms with Crippen molar-refractivity contribution in [2.45, 2.75) is 77.8 Å². The number of imide groups is 1. The van der Waals surface area contributed by atoms with E-state index in [1.54, 1.807) is 18.2 Å².